The molecule has 0 saturated heterocycles. The predicted octanol–water partition coefficient (Wildman–Crippen LogP) is 4.19. The fraction of sp³-hybridized carbons (Fsp3) is 0.286. The second-order valence-electron chi connectivity index (χ2n) is 4.36. The Labute approximate surface area is 129 Å². The lowest BCUT2D eigenvalue weighted by molar-refractivity contribution is 0.0990. The number of rotatable bonds is 4. The molecule has 20 heavy (non-hydrogen) atoms. The van der Waals surface area contributed by atoms with E-state index in [0.29, 0.717) is 6.54 Å². The summed E-state index contributed by atoms with van der Waals surface area (Å²) >= 11 is 9.28. The molecule has 0 saturated carbocycles. The van der Waals surface area contributed by atoms with E-state index in [1.165, 1.54) is 18.2 Å². The van der Waals surface area contributed by atoms with Gasteiger partial charge in [0, 0.05) is 12.1 Å². The van der Waals surface area contributed by atoms with Gasteiger partial charge in [-0.05, 0) is 41.9 Å². The summed E-state index contributed by atoms with van der Waals surface area (Å²) in [6, 6.07) is 4.24. The van der Waals surface area contributed by atoms with Gasteiger partial charge in [-0.15, -0.1) is 0 Å². The third kappa shape index (κ3) is 2.79. The van der Waals surface area contributed by atoms with Gasteiger partial charge >= 0.3 is 0 Å². The number of aromatic nitrogens is 2. The summed E-state index contributed by atoms with van der Waals surface area (Å²) in [6.45, 7) is 4.47. The van der Waals surface area contributed by atoms with Gasteiger partial charge in [-0.3, -0.25) is 9.48 Å². The number of Topliss-reactive ketones (excluding diaryl/α,β-unsaturated/α-hetero) is 1. The lowest BCUT2D eigenvalue weighted by Crippen LogP contribution is -2.11. The lowest BCUT2D eigenvalue weighted by Gasteiger charge is -2.07. The van der Waals surface area contributed by atoms with E-state index < -0.39 is 5.82 Å². The summed E-state index contributed by atoms with van der Waals surface area (Å²) in [5.41, 5.74) is 1.79. The van der Waals surface area contributed by atoms with Crippen molar-refractivity contribution >= 4 is 33.3 Å². The zero-order chi connectivity index (χ0) is 14.9. The van der Waals surface area contributed by atoms with E-state index in [1.807, 2.05) is 13.8 Å². The normalized spacial score (nSPS) is 10.8. The van der Waals surface area contributed by atoms with Gasteiger partial charge < -0.3 is 0 Å². The van der Waals surface area contributed by atoms with Crippen molar-refractivity contribution in [3.63, 3.8) is 0 Å². The minimum atomic E-state index is -0.586. The average molecular weight is 360 g/mol. The van der Waals surface area contributed by atoms with Crippen molar-refractivity contribution in [2.75, 3.05) is 0 Å². The number of aryl methyl sites for hydroxylation is 2. The van der Waals surface area contributed by atoms with E-state index in [4.69, 9.17) is 11.6 Å². The molecule has 0 bridgehead atoms. The Bertz CT molecular complexity index is 669. The van der Waals surface area contributed by atoms with Gasteiger partial charge in [0.25, 0.3) is 0 Å². The van der Waals surface area contributed by atoms with Crippen molar-refractivity contribution in [2.24, 2.45) is 0 Å². The molecule has 0 fully saturated rings. The first-order valence-corrected chi connectivity index (χ1v) is 7.31. The van der Waals surface area contributed by atoms with Crippen LogP contribution in [-0.4, -0.2) is 15.6 Å². The zero-order valence-corrected chi connectivity index (χ0v) is 13.4. The van der Waals surface area contributed by atoms with E-state index in [1.54, 1.807) is 4.68 Å². The van der Waals surface area contributed by atoms with Gasteiger partial charge in [-0.1, -0.05) is 17.7 Å². The van der Waals surface area contributed by atoms with Gasteiger partial charge in [0.05, 0.1) is 27.3 Å². The summed E-state index contributed by atoms with van der Waals surface area (Å²) in [6.07, 6.45) is 0.123. The van der Waals surface area contributed by atoms with Crippen LogP contribution in [0.25, 0.3) is 0 Å². The first kappa shape index (κ1) is 15.2. The Kier molecular flexibility index (Phi) is 4.60. The first-order valence-electron chi connectivity index (χ1n) is 6.14. The van der Waals surface area contributed by atoms with Crippen LogP contribution in [0.5, 0.6) is 0 Å². The van der Waals surface area contributed by atoms with Crippen molar-refractivity contribution in [3.05, 3.63) is 50.5 Å². The van der Waals surface area contributed by atoms with Crippen LogP contribution in [0.1, 0.15) is 28.7 Å². The zero-order valence-electron chi connectivity index (χ0n) is 11.1. The fourth-order valence-electron chi connectivity index (χ4n) is 2.00. The summed E-state index contributed by atoms with van der Waals surface area (Å²) in [7, 11) is 0. The third-order valence-corrected chi connectivity index (χ3v) is 4.45. The number of hydrogen-bond acceptors (Lipinski definition) is 2. The Morgan fingerprint density at radius 1 is 1.50 bits per heavy atom. The van der Waals surface area contributed by atoms with Gasteiger partial charge in [-0.2, -0.15) is 5.10 Å². The van der Waals surface area contributed by atoms with E-state index in [-0.39, 0.29) is 22.8 Å². The minimum Gasteiger partial charge on any atom is -0.294 e. The van der Waals surface area contributed by atoms with Gasteiger partial charge in [0.2, 0.25) is 0 Å². The lowest BCUT2D eigenvalue weighted by atomic mass is 10.1. The van der Waals surface area contributed by atoms with Crippen molar-refractivity contribution in [1.82, 2.24) is 9.78 Å². The SMILES string of the molecule is CCn1nc(C)c(Br)c1CC(=O)c1cccc(F)c1Cl. The van der Waals surface area contributed by atoms with E-state index in [9.17, 15) is 9.18 Å². The summed E-state index contributed by atoms with van der Waals surface area (Å²) in [5, 5.41) is 4.19. The van der Waals surface area contributed by atoms with Crippen LogP contribution in [0.4, 0.5) is 4.39 Å². The highest BCUT2D eigenvalue weighted by atomic mass is 79.9. The molecular formula is C14H13BrClFN2O. The highest BCUT2D eigenvalue weighted by Crippen LogP contribution is 2.25. The van der Waals surface area contributed by atoms with E-state index in [2.05, 4.69) is 21.0 Å². The quantitative estimate of drug-likeness (QED) is 0.767. The molecule has 0 N–H and O–H groups in total. The second kappa shape index (κ2) is 6.06. The third-order valence-electron chi connectivity index (χ3n) is 3.03. The Balaban J connectivity index is 2.35. The Hall–Kier alpha value is -1.20. The molecule has 1 aromatic carbocycles. The molecule has 3 nitrogen and oxygen atoms in total. The van der Waals surface area contributed by atoms with Crippen LogP contribution in [0.3, 0.4) is 0 Å². The second-order valence-corrected chi connectivity index (χ2v) is 5.53. The summed E-state index contributed by atoms with van der Waals surface area (Å²) in [4.78, 5) is 12.3. The van der Waals surface area contributed by atoms with Crippen molar-refractivity contribution in [1.29, 1.82) is 0 Å². The highest BCUT2D eigenvalue weighted by molar-refractivity contribution is 9.10. The van der Waals surface area contributed by atoms with Crippen LogP contribution in [0.2, 0.25) is 5.02 Å². The van der Waals surface area contributed by atoms with Gasteiger partial charge in [0.1, 0.15) is 5.82 Å². The maximum atomic E-state index is 13.4. The van der Waals surface area contributed by atoms with Crippen LogP contribution in [-0.2, 0) is 13.0 Å². The van der Waals surface area contributed by atoms with Crippen LogP contribution >= 0.6 is 27.5 Å². The average Bonchev–Trinajstić information content (AvgIpc) is 2.69. The molecular weight excluding hydrogens is 347 g/mol. The molecule has 0 amide bonds. The molecule has 2 aromatic rings. The number of carbonyl (C=O) groups excluding carboxylic acids is 1. The maximum Gasteiger partial charge on any atom is 0.170 e. The van der Waals surface area contributed by atoms with Gasteiger partial charge in [0.15, 0.2) is 5.78 Å². The summed E-state index contributed by atoms with van der Waals surface area (Å²) in [5.74, 6) is -0.818. The topological polar surface area (TPSA) is 34.9 Å². The molecule has 0 aliphatic carbocycles. The molecule has 106 valence electrons. The molecule has 1 heterocycles. The number of halogens is 3. The van der Waals surface area contributed by atoms with E-state index in [0.717, 1.165) is 15.9 Å². The number of carbonyl (C=O) groups is 1. The van der Waals surface area contributed by atoms with Crippen LogP contribution < -0.4 is 0 Å². The van der Waals surface area contributed by atoms with E-state index >= 15 is 0 Å². The molecule has 0 atom stereocenters. The molecule has 0 spiro atoms. The highest BCUT2D eigenvalue weighted by Gasteiger charge is 2.19. The van der Waals surface area contributed by atoms with Crippen molar-refractivity contribution in [3.8, 4) is 0 Å². The van der Waals surface area contributed by atoms with Crippen LogP contribution in [0.15, 0.2) is 22.7 Å². The minimum absolute atomic E-state index is 0.123. The van der Waals surface area contributed by atoms with Crippen molar-refractivity contribution < 1.29 is 9.18 Å². The molecule has 0 aliphatic rings. The number of nitrogens with zero attached hydrogens (tertiary/aromatic N) is 2. The monoisotopic (exact) mass is 358 g/mol. The Morgan fingerprint density at radius 2 is 2.20 bits per heavy atom. The smallest absolute Gasteiger partial charge is 0.170 e. The number of hydrogen-bond donors (Lipinski definition) is 0. The largest absolute Gasteiger partial charge is 0.294 e. The van der Waals surface area contributed by atoms with Gasteiger partial charge in [-0.25, -0.2) is 4.39 Å². The molecule has 0 radical (unpaired) electrons. The first-order chi connectivity index (χ1) is 9.45. The molecule has 1 aromatic heterocycles. The summed E-state index contributed by atoms with van der Waals surface area (Å²) < 4.78 is 16.0. The molecule has 0 aliphatic heterocycles. The van der Waals surface area contributed by atoms with Crippen LogP contribution in [0, 0.1) is 12.7 Å². The number of benzene rings is 1. The standard InChI is InChI=1S/C14H13BrClFN2O/c1-3-19-11(13(15)8(2)18-19)7-12(20)9-5-4-6-10(17)14(9)16/h4-6H,3,7H2,1-2H3. The molecule has 0 unspecified atom stereocenters. The Morgan fingerprint density at radius 3 is 2.85 bits per heavy atom. The predicted molar refractivity (Wildman–Crippen MR) is 79.8 cm³/mol. The molecule has 2 rings (SSSR count). The molecule has 6 heteroatoms. The maximum absolute atomic E-state index is 13.4. The van der Waals surface area contributed by atoms with Crippen molar-refractivity contribution in [2.45, 2.75) is 26.8 Å². The number of ketones is 1. The fourth-order valence-corrected chi connectivity index (χ4v) is 2.66.